The lowest BCUT2D eigenvalue weighted by atomic mass is 9.83. The van der Waals surface area contributed by atoms with Crippen LogP contribution in [0.4, 0.5) is 13.2 Å². The fourth-order valence-electron chi connectivity index (χ4n) is 2.81. The monoisotopic (exact) mass is 251 g/mol. The second-order valence-corrected chi connectivity index (χ2v) is 5.28. The van der Waals surface area contributed by atoms with E-state index in [1.165, 1.54) is 0 Å². The molecule has 1 N–H and O–H groups in total. The number of hydrogen-bond donors (Lipinski definition) is 1. The summed E-state index contributed by atoms with van der Waals surface area (Å²) in [7, 11) is 1.70. The third-order valence-corrected chi connectivity index (χ3v) is 4.09. The number of rotatable bonds is 3. The topological polar surface area (TPSA) is 21.3 Å². The summed E-state index contributed by atoms with van der Waals surface area (Å²) in [6, 6.07) is 0.726. The van der Waals surface area contributed by atoms with Gasteiger partial charge in [0.05, 0.1) is 12.0 Å². The number of methoxy groups -OCH3 is 1. The van der Waals surface area contributed by atoms with Crippen LogP contribution in [-0.2, 0) is 4.74 Å². The molecule has 0 radical (unpaired) electrons. The Balaban J connectivity index is 1.66. The van der Waals surface area contributed by atoms with Crippen LogP contribution in [0.15, 0.2) is 0 Å². The average molecular weight is 251 g/mol. The minimum Gasteiger partial charge on any atom is -0.381 e. The lowest BCUT2D eigenvalue weighted by molar-refractivity contribution is -0.183. The third kappa shape index (κ3) is 3.35. The summed E-state index contributed by atoms with van der Waals surface area (Å²) in [6.07, 6.45) is 0.201. The van der Waals surface area contributed by atoms with Gasteiger partial charge in [0.25, 0.3) is 0 Å². The van der Waals surface area contributed by atoms with E-state index in [0.29, 0.717) is 25.0 Å². The van der Waals surface area contributed by atoms with Gasteiger partial charge in [0.15, 0.2) is 0 Å². The highest BCUT2D eigenvalue weighted by atomic mass is 19.4. The van der Waals surface area contributed by atoms with Crippen molar-refractivity contribution < 1.29 is 17.9 Å². The van der Waals surface area contributed by atoms with Gasteiger partial charge >= 0.3 is 6.18 Å². The van der Waals surface area contributed by atoms with E-state index >= 15 is 0 Å². The van der Waals surface area contributed by atoms with Gasteiger partial charge in [-0.2, -0.15) is 13.2 Å². The largest absolute Gasteiger partial charge is 0.391 e. The van der Waals surface area contributed by atoms with Crippen molar-refractivity contribution in [3.63, 3.8) is 0 Å². The summed E-state index contributed by atoms with van der Waals surface area (Å²) in [4.78, 5) is 0. The molecule has 2 nitrogen and oxygen atoms in total. The zero-order chi connectivity index (χ0) is 12.5. The SMILES string of the molecule is COC1CC(NC2CCC(C(F)(F)F)CC2)C1. The van der Waals surface area contributed by atoms with Gasteiger partial charge in [0.2, 0.25) is 0 Å². The molecule has 0 aromatic rings. The van der Waals surface area contributed by atoms with Crippen LogP contribution in [0.1, 0.15) is 38.5 Å². The molecule has 5 heteroatoms. The summed E-state index contributed by atoms with van der Waals surface area (Å²) >= 11 is 0. The molecule has 2 aliphatic carbocycles. The zero-order valence-corrected chi connectivity index (χ0v) is 10.1. The molecule has 0 bridgehead atoms. The second-order valence-electron chi connectivity index (χ2n) is 5.28. The van der Waals surface area contributed by atoms with E-state index in [-0.39, 0.29) is 18.9 Å². The molecule has 0 amide bonds. The van der Waals surface area contributed by atoms with Gasteiger partial charge in [-0.1, -0.05) is 0 Å². The Kier molecular flexibility index (Phi) is 3.98. The molecule has 2 rings (SSSR count). The molecule has 0 aliphatic heterocycles. The van der Waals surface area contributed by atoms with E-state index in [4.69, 9.17) is 4.74 Å². The fraction of sp³-hybridized carbons (Fsp3) is 1.00. The first kappa shape index (κ1) is 13.1. The van der Waals surface area contributed by atoms with Crippen LogP contribution in [0.3, 0.4) is 0 Å². The number of ether oxygens (including phenoxy) is 1. The van der Waals surface area contributed by atoms with Crippen molar-refractivity contribution in [1.82, 2.24) is 5.32 Å². The number of hydrogen-bond acceptors (Lipinski definition) is 2. The van der Waals surface area contributed by atoms with Crippen molar-refractivity contribution in [2.75, 3.05) is 7.11 Å². The van der Waals surface area contributed by atoms with Crippen molar-refractivity contribution in [3.8, 4) is 0 Å². The quantitative estimate of drug-likeness (QED) is 0.832. The minimum atomic E-state index is -4.00. The lowest BCUT2D eigenvalue weighted by Crippen LogP contribution is -2.50. The summed E-state index contributed by atoms with van der Waals surface area (Å²) in [5, 5.41) is 3.44. The van der Waals surface area contributed by atoms with Gasteiger partial charge in [-0.3, -0.25) is 0 Å². The molecule has 2 aliphatic rings. The van der Waals surface area contributed by atoms with Gasteiger partial charge in [-0.25, -0.2) is 0 Å². The molecule has 0 aromatic heterocycles. The maximum absolute atomic E-state index is 12.5. The normalized spacial score (nSPS) is 38.8. The Morgan fingerprint density at radius 2 is 1.59 bits per heavy atom. The molecule has 2 saturated carbocycles. The zero-order valence-electron chi connectivity index (χ0n) is 10.1. The molecule has 100 valence electrons. The first-order valence-electron chi connectivity index (χ1n) is 6.34. The van der Waals surface area contributed by atoms with Crippen LogP contribution in [0.2, 0.25) is 0 Å². The van der Waals surface area contributed by atoms with Crippen LogP contribution in [-0.4, -0.2) is 31.5 Å². The first-order chi connectivity index (χ1) is 7.99. The molecule has 0 spiro atoms. The Bertz CT molecular complexity index is 243. The molecule has 0 saturated heterocycles. The Morgan fingerprint density at radius 3 is 2.06 bits per heavy atom. The van der Waals surface area contributed by atoms with Crippen LogP contribution in [0.25, 0.3) is 0 Å². The summed E-state index contributed by atoms with van der Waals surface area (Å²) in [6.45, 7) is 0. The maximum atomic E-state index is 12.5. The van der Waals surface area contributed by atoms with E-state index in [0.717, 1.165) is 12.8 Å². The molecular weight excluding hydrogens is 231 g/mol. The Hall–Kier alpha value is -0.290. The van der Waals surface area contributed by atoms with Gasteiger partial charge in [-0.15, -0.1) is 0 Å². The second kappa shape index (κ2) is 5.14. The van der Waals surface area contributed by atoms with E-state index in [1.54, 1.807) is 7.11 Å². The average Bonchev–Trinajstić information content (AvgIpc) is 2.22. The van der Waals surface area contributed by atoms with Gasteiger partial charge in [0, 0.05) is 19.2 Å². The lowest BCUT2D eigenvalue weighted by Gasteiger charge is -2.39. The molecule has 17 heavy (non-hydrogen) atoms. The first-order valence-corrected chi connectivity index (χ1v) is 6.34. The minimum absolute atomic E-state index is 0.274. The van der Waals surface area contributed by atoms with E-state index in [9.17, 15) is 13.2 Å². The van der Waals surface area contributed by atoms with Gasteiger partial charge in [-0.05, 0) is 38.5 Å². The summed E-state index contributed by atoms with van der Waals surface area (Å²) < 4.78 is 42.6. The standard InChI is InChI=1S/C12H20F3NO/c1-17-11-6-10(7-11)16-9-4-2-8(3-5-9)12(13,14)15/h8-11,16H,2-7H2,1H3. The molecular formula is C12H20F3NO. The summed E-state index contributed by atoms with van der Waals surface area (Å²) in [5.74, 6) is -1.08. The van der Waals surface area contributed by atoms with Crippen LogP contribution >= 0.6 is 0 Å². The Morgan fingerprint density at radius 1 is 1.00 bits per heavy atom. The fourth-order valence-corrected chi connectivity index (χ4v) is 2.81. The molecule has 0 unspecified atom stereocenters. The predicted octanol–water partition coefficient (Wildman–Crippen LogP) is 2.87. The van der Waals surface area contributed by atoms with Crippen LogP contribution < -0.4 is 5.32 Å². The van der Waals surface area contributed by atoms with Crippen molar-refractivity contribution in [1.29, 1.82) is 0 Å². The van der Waals surface area contributed by atoms with Crippen LogP contribution in [0, 0.1) is 5.92 Å². The molecule has 0 heterocycles. The van der Waals surface area contributed by atoms with E-state index < -0.39 is 12.1 Å². The highest BCUT2D eigenvalue weighted by Gasteiger charge is 2.42. The van der Waals surface area contributed by atoms with Gasteiger partial charge in [0.1, 0.15) is 0 Å². The van der Waals surface area contributed by atoms with E-state index in [2.05, 4.69) is 5.32 Å². The Labute approximate surface area is 99.9 Å². The highest BCUT2D eigenvalue weighted by Crippen LogP contribution is 2.38. The van der Waals surface area contributed by atoms with E-state index in [1.807, 2.05) is 0 Å². The maximum Gasteiger partial charge on any atom is 0.391 e. The van der Waals surface area contributed by atoms with Crippen molar-refractivity contribution in [3.05, 3.63) is 0 Å². The smallest absolute Gasteiger partial charge is 0.381 e. The summed E-state index contributed by atoms with van der Waals surface area (Å²) in [5.41, 5.74) is 0. The molecule has 2 fully saturated rings. The highest BCUT2D eigenvalue weighted by molar-refractivity contribution is 4.90. The number of nitrogens with one attached hydrogen (secondary N) is 1. The third-order valence-electron chi connectivity index (χ3n) is 4.09. The molecule has 0 aromatic carbocycles. The van der Waals surface area contributed by atoms with Crippen molar-refractivity contribution >= 4 is 0 Å². The van der Waals surface area contributed by atoms with Crippen LogP contribution in [0.5, 0.6) is 0 Å². The molecule has 0 atom stereocenters. The predicted molar refractivity (Wildman–Crippen MR) is 58.8 cm³/mol. The number of alkyl halides is 3. The van der Waals surface area contributed by atoms with Crippen molar-refractivity contribution in [2.45, 2.75) is 62.9 Å². The number of halogens is 3. The van der Waals surface area contributed by atoms with Crippen molar-refractivity contribution in [2.24, 2.45) is 5.92 Å². The van der Waals surface area contributed by atoms with Gasteiger partial charge < -0.3 is 10.1 Å².